The fourth-order valence-corrected chi connectivity index (χ4v) is 2.08. The zero-order valence-corrected chi connectivity index (χ0v) is 13.1. The van der Waals surface area contributed by atoms with Gasteiger partial charge in [0.25, 0.3) is 5.69 Å². The third-order valence-corrected chi connectivity index (χ3v) is 3.28. The molecule has 8 nitrogen and oxygen atoms in total. The Morgan fingerprint density at radius 1 is 0.880 bits per heavy atom. The zero-order valence-electron chi connectivity index (χ0n) is 13.1. The molecule has 1 fully saturated rings. The molecule has 0 unspecified atom stereocenters. The maximum atomic E-state index is 12.1. The van der Waals surface area contributed by atoms with Crippen LogP contribution in [0, 0.1) is 10.1 Å². The second kappa shape index (κ2) is 8.34. The molecule has 0 aliphatic carbocycles. The average Bonchev–Trinajstić information content (AvgIpc) is 2.65. The van der Waals surface area contributed by atoms with Gasteiger partial charge in [0.15, 0.2) is 5.78 Å². The molecule has 25 heavy (non-hydrogen) atoms. The normalized spacial score (nSPS) is 13.0. The molecule has 0 aromatic heterocycles. The summed E-state index contributed by atoms with van der Waals surface area (Å²) in [5.74, 6) is -1.40. The number of hydrogen-bond acceptors (Lipinski definition) is 5. The quantitative estimate of drug-likeness (QED) is 0.374. The Kier molecular flexibility index (Phi) is 5.94. The largest absolute Gasteiger partial charge is 0.346 e. The SMILES string of the molecule is O=C(c1ccccc1)c1ccccc1[N+](=O)[O-].O=C1NCCNC1=O. The number of nitro groups is 1. The van der Waals surface area contributed by atoms with E-state index >= 15 is 0 Å². The van der Waals surface area contributed by atoms with Crippen molar-refractivity contribution >= 4 is 23.3 Å². The number of para-hydroxylation sites is 1. The lowest BCUT2D eigenvalue weighted by Crippen LogP contribution is -2.49. The first kappa shape index (κ1) is 17.8. The Bertz CT molecular complexity index is 789. The van der Waals surface area contributed by atoms with Crippen molar-refractivity contribution in [2.24, 2.45) is 0 Å². The van der Waals surface area contributed by atoms with E-state index in [1.54, 1.807) is 42.5 Å². The minimum Gasteiger partial charge on any atom is -0.346 e. The van der Waals surface area contributed by atoms with Gasteiger partial charge in [-0.15, -0.1) is 0 Å². The van der Waals surface area contributed by atoms with Gasteiger partial charge in [-0.3, -0.25) is 24.5 Å². The lowest BCUT2D eigenvalue weighted by Gasteiger charge is -2.10. The number of benzene rings is 2. The van der Waals surface area contributed by atoms with E-state index in [2.05, 4.69) is 10.6 Å². The summed E-state index contributed by atoms with van der Waals surface area (Å²) >= 11 is 0. The van der Waals surface area contributed by atoms with Crippen molar-refractivity contribution in [3.63, 3.8) is 0 Å². The van der Waals surface area contributed by atoms with Crippen LogP contribution in [0.25, 0.3) is 0 Å². The van der Waals surface area contributed by atoms with Gasteiger partial charge in [0.05, 0.1) is 4.92 Å². The van der Waals surface area contributed by atoms with Gasteiger partial charge < -0.3 is 10.6 Å². The van der Waals surface area contributed by atoms with Crippen LogP contribution in [-0.4, -0.2) is 35.6 Å². The summed E-state index contributed by atoms with van der Waals surface area (Å²) < 4.78 is 0. The van der Waals surface area contributed by atoms with E-state index in [0.29, 0.717) is 18.7 Å². The number of carbonyl (C=O) groups excluding carboxylic acids is 3. The highest BCUT2D eigenvalue weighted by Crippen LogP contribution is 2.20. The summed E-state index contributed by atoms with van der Waals surface area (Å²) in [6.07, 6.45) is 0. The van der Waals surface area contributed by atoms with Crippen molar-refractivity contribution in [3.8, 4) is 0 Å². The van der Waals surface area contributed by atoms with Crippen molar-refractivity contribution < 1.29 is 19.3 Å². The summed E-state index contributed by atoms with van der Waals surface area (Å²) in [5.41, 5.74) is 0.395. The Morgan fingerprint density at radius 3 is 1.92 bits per heavy atom. The second-order valence-corrected chi connectivity index (χ2v) is 4.98. The van der Waals surface area contributed by atoms with Crippen LogP contribution in [0.15, 0.2) is 54.6 Å². The summed E-state index contributed by atoms with van der Waals surface area (Å²) in [5, 5.41) is 15.6. The molecule has 0 saturated carbocycles. The number of ketones is 1. The van der Waals surface area contributed by atoms with Gasteiger partial charge in [-0.2, -0.15) is 0 Å². The van der Waals surface area contributed by atoms with E-state index in [4.69, 9.17) is 0 Å². The van der Waals surface area contributed by atoms with Crippen molar-refractivity contribution in [2.45, 2.75) is 0 Å². The average molecular weight is 341 g/mol. The number of nitro benzene ring substituents is 1. The van der Waals surface area contributed by atoms with Crippen molar-refractivity contribution in [2.75, 3.05) is 13.1 Å². The van der Waals surface area contributed by atoms with E-state index in [1.807, 2.05) is 0 Å². The predicted octanol–water partition coefficient (Wildman–Crippen LogP) is 1.06. The third-order valence-electron chi connectivity index (χ3n) is 3.28. The number of nitrogens with one attached hydrogen (secondary N) is 2. The molecule has 0 spiro atoms. The molecule has 1 aliphatic heterocycles. The molecule has 8 heteroatoms. The molecule has 2 amide bonds. The number of hydrogen-bond donors (Lipinski definition) is 2. The first-order valence-electron chi connectivity index (χ1n) is 7.40. The Morgan fingerprint density at radius 2 is 1.40 bits per heavy atom. The Balaban J connectivity index is 0.000000236. The van der Waals surface area contributed by atoms with Gasteiger partial charge >= 0.3 is 11.8 Å². The van der Waals surface area contributed by atoms with Crippen molar-refractivity contribution in [3.05, 3.63) is 75.8 Å². The Labute approximate surface area is 143 Å². The fraction of sp³-hybridized carbons (Fsp3) is 0.118. The lowest BCUT2D eigenvalue weighted by molar-refractivity contribution is -0.385. The highest BCUT2D eigenvalue weighted by Gasteiger charge is 2.19. The molecule has 0 radical (unpaired) electrons. The summed E-state index contributed by atoms with van der Waals surface area (Å²) in [6, 6.07) is 14.5. The van der Waals surface area contributed by atoms with Crippen molar-refractivity contribution in [1.29, 1.82) is 0 Å². The molecule has 0 atom stereocenters. The minimum absolute atomic E-state index is 0.115. The van der Waals surface area contributed by atoms with E-state index < -0.39 is 16.7 Å². The van der Waals surface area contributed by atoms with Crippen LogP contribution in [0.3, 0.4) is 0 Å². The molecule has 1 aliphatic rings. The van der Waals surface area contributed by atoms with Gasteiger partial charge in [0.1, 0.15) is 5.56 Å². The minimum atomic E-state index is -0.545. The number of rotatable bonds is 3. The molecule has 0 bridgehead atoms. The number of carbonyl (C=O) groups is 3. The molecule has 128 valence electrons. The summed E-state index contributed by atoms with van der Waals surface area (Å²) in [7, 11) is 0. The lowest BCUT2D eigenvalue weighted by atomic mass is 10.0. The van der Waals surface area contributed by atoms with Crippen LogP contribution >= 0.6 is 0 Å². The van der Waals surface area contributed by atoms with Gasteiger partial charge in [-0.25, -0.2) is 0 Å². The molecular formula is C17H15N3O5. The molecule has 1 saturated heterocycles. The summed E-state index contributed by atoms with van der Waals surface area (Å²) in [6.45, 7) is 1.09. The Hall–Kier alpha value is -3.55. The number of amides is 2. The van der Waals surface area contributed by atoms with E-state index in [0.717, 1.165) is 0 Å². The number of piperazine rings is 1. The third kappa shape index (κ3) is 4.71. The first-order chi connectivity index (χ1) is 12.0. The molecular weight excluding hydrogens is 326 g/mol. The van der Waals surface area contributed by atoms with E-state index in [-0.39, 0.29) is 17.0 Å². The van der Waals surface area contributed by atoms with Crippen LogP contribution < -0.4 is 10.6 Å². The summed E-state index contributed by atoms with van der Waals surface area (Å²) in [4.78, 5) is 42.9. The molecule has 2 aromatic carbocycles. The van der Waals surface area contributed by atoms with Gasteiger partial charge in [0, 0.05) is 24.7 Å². The maximum Gasteiger partial charge on any atom is 0.309 e. The molecule has 2 N–H and O–H groups in total. The van der Waals surface area contributed by atoms with Gasteiger partial charge in [0.2, 0.25) is 0 Å². The van der Waals surface area contributed by atoms with E-state index in [1.165, 1.54) is 12.1 Å². The van der Waals surface area contributed by atoms with Gasteiger partial charge in [-0.1, -0.05) is 42.5 Å². The smallest absolute Gasteiger partial charge is 0.309 e. The standard InChI is InChI=1S/C13H9NO3.C4H6N2O2/c15-13(10-6-2-1-3-7-10)11-8-4-5-9-12(11)14(16)17;7-3-4(8)6-2-1-5-3/h1-9H;1-2H2,(H,5,7)(H,6,8). The maximum absolute atomic E-state index is 12.1. The predicted molar refractivity (Wildman–Crippen MR) is 89.0 cm³/mol. The van der Waals surface area contributed by atoms with Crippen molar-refractivity contribution in [1.82, 2.24) is 10.6 Å². The van der Waals surface area contributed by atoms with Crippen LogP contribution in [-0.2, 0) is 9.59 Å². The van der Waals surface area contributed by atoms with E-state index in [9.17, 15) is 24.5 Å². The zero-order chi connectivity index (χ0) is 18.2. The monoisotopic (exact) mass is 341 g/mol. The van der Waals surface area contributed by atoms with Crippen LogP contribution in [0.5, 0.6) is 0 Å². The molecule has 3 rings (SSSR count). The highest BCUT2D eigenvalue weighted by atomic mass is 16.6. The molecule has 1 heterocycles. The van der Waals surface area contributed by atoms with Crippen LogP contribution in [0.2, 0.25) is 0 Å². The first-order valence-corrected chi connectivity index (χ1v) is 7.40. The van der Waals surface area contributed by atoms with Crippen LogP contribution in [0.4, 0.5) is 5.69 Å². The second-order valence-electron chi connectivity index (χ2n) is 4.98. The molecule has 2 aromatic rings. The number of nitrogens with zero attached hydrogens (tertiary/aromatic N) is 1. The van der Waals surface area contributed by atoms with Gasteiger partial charge in [-0.05, 0) is 6.07 Å². The fourth-order valence-electron chi connectivity index (χ4n) is 2.08. The highest BCUT2D eigenvalue weighted by molar-refractivity contribution is 6.35. The topological polar surface area (TPSA) is 118 Å². The van der Waals surface area contributed by atoms with Crippen LogP contribution in [0.1, 0.15) is 15.9 Å².